The van der Waals surface area contributed by atoms with Crippen LogP contribution in [0.5, 0.6) is 5.75 Å². The third kappa shape index (κ3) is 4.01. The van der Waals surface area contributed by atoms with Crippen LogP contribution in [0, 0.1) is 5.82 Å². The molecule has 1 saturated carbocycles. The van der Waals surface area contributed by atoms with Gasteiger partial charge in [-0.3, -0.25) is 9.69 Å². The molecular formula is C20H28FN3O2. The fourth-order valence-electron chi connectivity index (χ4n) is 4.21. The number of nitrogens with one attached hydrogen (secondary N) is 1. The van der Waals surface area contributed by atoms with Gasteiger partial charge >= 0.3 is 0 Å². The molecule has 2 saturated heterocycles. The number of hydrogen-bond acceptors (Lipinski definition) is 4. The van der Waals surface area contributed by atoms with Crippen molar-refractivity contribution >= 4 is 5.91 Å². The molecule has 2 atom stereocenters. The maximum absolute atomic E-state index is 13.3. The van der Waals surface area contributed by atoms with Crippen molar-refractivity contribution in [3.63, 3.8) is 0 Å². The van der Waals surface area contributed by atoms with E-state index in [-0.39, 0.29) is 23.9 Å². The van der Waals surface area contributed by atoms with Crippen LogP contribution in [-0.2, 0) is 4.79 Å². The highest BCUT2D eigenvalue weighted by atomic mass is 19.1. The number of halogens is 1. The molecule has 3 fully saturated rings. The van der Waals surface area contributed by atoms with Crippen molar-refractivity contribution in [1.29, 1.82) is 0 Å². The van der Waals surface area contributed by atoms with Crippen LogP contribution >= 0.6 is 0 Å². The van der Waals surface area contributed by atoms with E-state index in [0.717, 1.165) is 38.6 Å². The standard InChI is InChI=1S/C20H28FN3O2/c21-15-4-1-7-17(12-15)26-18-13-19(22-14-18)20(25)24-9-3-8-23(10-11-24)16-5-2-6-16/h1,4,7,12,16,18-19,22H,2-3,5-6,8-11,13-14H2/t18?,19-/m1/s1. The van der Waals surface area contributed by atoms with Crippen molar-refractivity contribution in [2.24, 2.45) is 0 Å². The lowest BCUT2D eigenvalue weighted by Crippen LogP contribution is -2.46. The van der Waals surface area contributed by atoms with Gasteiger partial charge in [-0.05, 0) is 31.4 Å². The van der Waals surface area contributed by atoms with Crippen molar-refractivity contribution in [3.8, 4) is 5.75 Å². The van der Waals surface area contributed by atoms with Crippen molar-refractivity contribution in [2.45, 2.75) is 50.3 Å². The Morgan fingerprint density at radius 3 is 2.81 bits per heavy atom. The molecule has 4 rings (SSSR count). The van der Waals surface area contributed by atoms with Crippen molar-refractivity contribution in [1.82, 2.24) is 15.1 Å². The third-order valence-corrected chi connectivity index (χ3v) is 5.92. The van der Waals surface area contributed by atoms with Gasteiger partial charge in [-0.25, -0.2) is 4.39 Å². The van der Waals surface area contributed by atoms with Crippen LogP contribution in [-0.4, -0.2) is 66.6 Å². The first-order chi connectivity index (χ1) is 12.7. The highest BCUT2D eigenvalue weighted by Gasteiger charge is 2.35. The zero-order chi connectivity index (χ0) is 17.9. The summed E-state index contributed by atoms with van der Waals surface area (Å²) < 4.78 is 19.1. The van der Waals surface area contributed by atoms with E-state index in [1.165, 1.54) is 31.4 Å². The van der Waals surface area contributed by atoms with E-state index in [9.17, 15) is 9.18 Å². The first kappa shape index (κ1) is 17.7. The summed E-state index contributed by atoms with van der Waals surface area (Å²) in [6.07, 6.45) is 5.58. The van der Waals surface area contributed by atoms with Gasteiger partial charge in [0.15, 0.2) is 0 Å². The summed E-state index contributed by atoms with van der Waals surface area (Å²) in [4.78, 5) is 17.5. The van der Waals surface area contributed by atoms with Gasteiger partial charge in [0.1, 0.15) is 17.7 Å². The molecule has 6 heteroatoms. The monoisotopic (exact) mass is 361 g/mol. The number of rotatable bonds is 4. The molecular weight excluding hydrogens is 333 g/mol. The zero-order valence-electron chi connectivity index (χ0n) is 15.2. The second-order valence-electron chi connectivity index (χ2n) is 7.69. The number of nitrogens with zero attached hydrogens (tertiary/aromatic N) is 2. The molecule has 142 valence electrons. The molecule has 3 aliphatic rings. The van der Waals surface area contributed by atoms with E-state index in [4.69, 9.17) is 4.74 Å². The van der Waals surface area contributed by atoms with Crippen LogP contribution in [0.25, 0.3) is 0 Å². The van der Waals surface area contributed by atoms with Crippen LogP contribution in [0.3, 0.4) is 0 Å². The summed E-state index contributed by atoms with van der Waals surface area (Å²) >= 11 is 0. The van der Waals surface area contributed by atoms with Crippen LogP contribution in [0.15, 0.2) is 24.3 Å². The largest absolute Gasteiger partial charge is 0.489 e. The quantitative estimate of drug-likeness (QED) is 0.891. The second kappa shape index (κ2) is 7.92. The van der Waals surface area contributed by atoms with E-state index in [1.54, 1.807) is 12.1 Å². The van der Waals surface area contributed by atoms with Crippen molar-refractivity contribution < 1.29 is 13.9 Å². The summed E-state index contributed by atoms with van der Waals surface area (Å²) in [6, 6.07) is 6.74. The number of amides is 1. The minimum absolute atomic E-state index is 0.0933. The minimum atomic E-state index is -0.304. The predicted molar refractivity (Wildman–Crippen MR) is 97.6 cm³/mol. The SMILES string of the molecule is O=C([C@H]1CC(Oc2cccc(F)c2)CN1)N1CCCN(C2CCC2)CC1. The van der Waals surface area contributed by atoms with Gasteiger partial charge in [0.25, 0.3) is 0 Å². The predicted octanol–water partition coefficient (Wildman–Crippen LogP) is 2.02. The average molecular weight is 361 g/mol. The Balaban J connectivity index is 1.28. The molecule has 2 aliphatic heterocycles. The Morgan fingerprint density at radius 2 is 2.04 bits per heavy atom. The molecule has 1 aromatic rings. The van der Waals surface area contributed by atoms with Gasteiger partial charge in [-0.1, -0.05) is 12.5 Å². The maximum atomic E-state index is 13.3. The number of carbonyl (C=O) groups is 1. The van der Waals surface area contributed by atoms with Crippen molar-refractivity contribution in [2.75, 3.05) is 32.7 Å². The van der Waals surface area contributed by atoms with E-state index in [0.29, 0.717) is 18.7 Å². The lowest BCUT2D eigenvalue weighted by atomic mass is 9.91. The normalized spacial score (nSPS) is 27.8. The molecule has 0 radical (unpaired) electrons. The molecule has 0 spiro atoms. The Morgan fingerprint density at radius 1 is 1.15 bits per heavy atom. The fourth-order valence-corrected chi connectivity index (χ4v) is 4.21. The molecule has 0 bridgehead atoms. The van der Waals surface area contributed by atoms with Crippen LogP contribution in [0.1, 0.15) is 32.1 Å². The summed E-state index contributed by atoms with van der Waals surface area (Å²) in [5, 5.41) is 3.29. The van der Waals surface area contributed by atoms with Crippen LogP contribution in [0.2, 0.25) is 0 Å². The Bertz CT molecular complexity index is 637. The smallest absolute Gasteiger partial charge is 0.239 e. The first-order valence-corrected chi connectivity index (χ1v) is 9.87. The van der Waals surface area contributed by atoms with Gasteiger partial charge in [-0.2, -0.15) is 0 Å². The third-order valence-electron chi connectivity index (χ3n) is 5.92. The van der Waals surface area contributed by atoms with Crippen LogP contribution in [0.4, 0.5) is 4.39 Å². The fraction of sp³-hybridized carbons (Fsp3) is 0.650. The Hall–Kier alpha value is -1.66. The molecule has 1 aliphatic carbocycles. The molecule has 1 aromatic carbocycles. The molecule has 5 nitrogen and oxygen atoms in total. The maximum Gasteiger partial charge on any atom is 0.239 e. The summed E-state index contributed by atoms with van der Waals surface area (Å²) in [7, 11) is 0. The van der Waals surface area contributed by atoms with E-state index in [2.05, 4.69) is 10.2 Å². The number of hydrogen-bond donors (Lipinski definition) is 1. The van der Waals surface area contributed by atoms with Gasteiger partial charge < -0.3 is 15.0 Å². The number of ether oxygens (including phenoxy) is 1. The molecule has 1 N–H and O–H groups in total. The molecule has 1 amide bonds. The summed E-state index contributed by atoms with van der Waals surface area (Å²) in [6.45, 7) is 4.39. The molecule has 2 heterocycles. The number of benzene rings is 1. The molecule has 0 aromatic heterocycles. The van der Waals surface area contributed by atoms with E-state index >= 15 is 0 Å². The first-order valence-electron chi connectivity index (χ1n) is 9.87. The van der Waals surface area contributed by atoms with E-state index < -0.39 is 0 Å². The average Bonchev–Trinajstić information content (AvgIpc) is 2.90. The molecule has 26 heavy (non-hydrogen) atoms. The summed E-state index contributed by atoms with van der Waals surface area (Å²) in [5.74, 6) is 0.406. The lowest BCUT2D eigenvalue weighted by molar-refractivity contribution is -0.133. The topological polar surface area (TPSA) is 44.8 Å². The second-order valence-corrected chi connectivity index (χ2v) is 7.69. The lowest BCUT2D eigenvalue weighted by Gasteiger charge is -2.36. The van der Waals surface area contributed by atoms with Crippen molar-refractivity contribution in [3.05, 3.63) is 30.1 Å². The van der Waals surface area contributed by atoms with Gasteiger partial charge in [0, 0.05) is 51.3 Å². The Kier molecular flexibility index (Phi) is 5.41. The summed E-state index contributed by atoms with van der Waals surface area (Å²) in [5.41, 5.74) is 0. The van der Waals surface area contributed by atoms with Crippen LogP contribution < -0.4 is 10.1 Å². The highest BCUT2D eigenvalue weighted by molar-refractivity contribution is 5.82. The minimum Gasteiger partial charge on any atom is -0.489 e. The van der Waals surface area contributed by atoms with Gasteiger partial charge in [-0.15, -0.1) is 0 Å². The molecule has 1 unspecified atom stereocenters. The Labute approximate surface area is 154 Å². The van der Waals surface area contributed by atoms with Gasteiger partial charge in [0.2, 0.25) is 5.91 Å². The highest BCUT2D eigenvalue weighted by Crippen LogP contribution is 2.26. The van der Waals surface area contributed by atoms with E-state index in [1.807, 2.05) is 4.90 Å². The van der Waals surface area contributed by atoms with Gasteiger partial charge in [0.05, 0.1) is 6.04 Å². The number of carbonyl (C=O) groups excluding carboxylic acids is 1. The zero-order valence-corrected chi connectivity index (χ0v) is 15.2.